The van der Waals surface area contributed by atoms with E-state index in [4.69, 9.17) is 0 Å². The summed E-state index contributed by atoms with van der Waals surface area (Å²) in [5, 5.41) is 5.80. The molecule has 26 heavy (non-hydrogen) atoms. The molecule has 0 aliphatic heterocycles. The summed E-state index contributed by atoms with van der Waals surface area (Å²) in [6.45, 7) is 1.43. The van der Waals surface area contributed by atoms with Crippen LogP contribution in [0.3, 0.4) is 0 Å². The van der Waals surface area contributed by atoms with Crippen molar-refractivity contribution in [3.05, 3.63) is 65.5 Å². The van der Waals surface area contributed by atoms with Gasteiger partial charge in [0.1, 0.15) is 5.82 Å². The van der Waals surface area contributed by atoms with Crippen molar-refractivity contribution in [3.63, 3.8) is 0 Å². The number of carbonyl (C=O) groups excluding carboxylic acids is 2. The minimum absolute atomic E-state index is 0.143. The van der Waals surface area contributed by atoms with Crippen LogP contribution in [0.25, 0.3) is 0 Å². The number of nitrogens with one attached hydrogen (secondary N) is 2. The molecule has 1 fully saturated rings. The molecule has 136 valence electrons. The van der Waals surface area contributed by atoms with Crippen molar-refractivity contribution in [3.8, 4) is 0 Å². The first kappa shape index (κ1) is 18.1. The number of carbonyl (C=O) groups is 2. The van der Waals surface area contributed by atoms with Gasteiger partial charge in [-0.15, -0.1) is 0 Å². The number of amides is 2. The van der Waals surface area contributed by atoms with Gasteiger partial charge in [0, 0.05) is 18.2 Å². The predicted molar refractivity (Wildman–Crippen MR) is 99.3 cm³/mol. The van der Waals surface area contributed by atoms with Crippen LogP contribution < -0.4 is 10.6 Å². The van der Waals surface area contributed by atoms with Gasteiger partial charge in [-0.25, -0.2) is 4.39 Å². The highest BCUT2D eigenvalue weighted by molar-refractivity contribution is 5.97. The summed E-state index contributed by atoms with van der Waals surface area (Å²) in [5.74, 6) is -0.313. The van der Waals surface area contributed by atoms with Crippen molar-refractivity contribution >= 4 is 17.5 Å². The summed E-state index contributed by atoms with van der Waals surface area (Å²) in [5.41, 5.74) is 2.00. The highest BCUT2D eigenvalue weighted by atomic mass is 19.1. The average Bonchev–Trinajstić information content (AvgIpc) is 3.14. The molecule has 0 heterocycles. The van der Waals surface area contributed by atoms with Gasteiger partial charge in [-0.3, -0.25) is 9.59 Å². The lowest BCUT2D eigenvalue weighted by atomic mass is 9.91. The maximum atomic E-state index is 13.3. The second-order valence-electron chi connectivity index (χ2n) is 6.81. The molecule has 3 rings (SSSR count). The number of hydrogen-bond acceptors (Lipinski definition) is 2. The number of benzene rings is 2. The molecule has 1 saturated carbocycles. The molecule has 0 bridgehead atoms. The van der Waals surface area contributed by atoms with E-state index in [0.29, 0.717) is 17.2 Å². The molecule has 0 aromatic heterocycles. The Morgan fingerprint density at radius 3 is 2.42 bits per heavy atom. The molecule has 1 aliphatic rings. The Labute approximate surface area is 152 Å². The van der Waals surface area contributed by atoms with E-state index in [1.165, 1.54) is 19.1 Å². The number of hydrogen-bond donors (Lipinski definition) is 2. The molecule has 1 unspecified atom stereocenters. The van der Waals surface area contributed by atoms with Crippen LogP contribution in [0.15, 0.2) is 48.5 Å². The van der Waals surface area contributed by atoms with Crippen LogP contribution in [-0.4, -0.2) is 11.8 Å². The number of halogens is 1. The fraction of sp³-hybridized carbons (Fsp3) is 0.333. The summed E-state index contributed by atoms with van der Waals surface area (Å²) in [7, 11) is 0. The minimum atomic E-state index is -0.284. The molecule has 2 N–H and O–H groups in total. The Balaban J connectivity index is 1.81. The first-order chi connectivity index (χ1) is 12.5. The fourth-order valence-electron chi connectivity index (χ4n) is 3.60. The molecule has 0 spiro atoms. The highest BCUT2D eigenvalue weighted by Crippen LogP contribution is 2.36. The lowest BCUT2D eigenvalue weighted by molar-refractivity contribution is -0.114. The second kappa shape index (κ2) is 8.13. The third-order valence-corrected chi connectivity index (χ3v) is 4.83. The summed E-state index contributed by atoms with van der Waals surface area (Å²) in [6.07, 6.45) is 4.40. The van der Waals surface area contributed by atoms with Gasteiger partial charge in [0.25, 0.3) is 5.91 Å². The third-order valence-electron chi connectivity index (χ3n) is 4.83. The molecule has 2 amide bonds. The van der Waals surface area contributed by atoms with Gasteiger partial charge in [-0.1, -0.05) is 31.0 Å². The number of rotatable bonds is 5. The van der Waals surface area contributed by atoms with Gasteiger partial charge in [0.15, 0.2) is 0 Å². The van der Waals surface area contributed by atoms with E-state index in [2.05, 4.69) is 10.6 Å². The van der Waals surface area contributed by atoms with E-state index < -0.39 is 0 Å². The minimum Gasteiger partial charge on any atom is -0.345 e. The van der Waals surface area contributed by atoms with Crippen molar-refractivity contribution in [2.45, 2.75) is 38.6 Å². The van der Waals surface area contributed by atoms with Gasteiger partial charge in [-0.05, 0) is 54.7 Å². The summed E-state index contributed by atoms with van der Waals surface area (Å²) in [4.78, 5) is 24.0. The summed E-state index contributed by atoms with van der Waals surface area (Å²) in [6, 6.07) is 13.1. The van der Waals surface area contributed by atoms with E-state index in [0.717, 1.165) is 31.2 Å². The van der Waals surface area contributed by atoms with Crippen LogP contribution >= 0.6 is 0 Å². The monoisotopic (exact) mass is 354 g/mol. The van der Waals surface area contributed by atoms with Gasteiger partial charge >= 0.3 is 0 Å². The van der Waals surface area contributed by atoms with Crippen LogP contribution in [-0.2, 0) is 4.79 Å². The Morgan fingerprint density at radius 1 is 1.08 bits per heavy atom. The SMILES string of the molecule is CC(=O)Nc1cccc(C(=O)NC(c2ccc(F)cc2)C2CCCC2)c1. The van der Waals surface area contributed by atoms with Crippen LogP contribution in [0.5, 0.6) is 0 Å². The zero-order valence-corrected chi connectivity index (χ0v) is 14.8. The Hall–Kier alpha value is -2.69. The van der Waals surface area contributed by atoms with E-state index >= 15 is 0 Å². The molecular weight excluding hydrogens is 331 g/mol. The Kier molecular flexibility index (Phi) is 5.66. The zero-order chi connectivity index (χ0) is 18.5. The van der Waals surface area contributed by atoms with E-state index in [9.17, 15) is 14.0 Å². The maximum Gasteiger partial charge on any atom is 0.251 e. The smallest absolute Gasteiger partial charge is 0.251 e. The molecule has 0 radical (unpaired) electrons. The van der Waals surface area contributed by atoms with Gasteiger partial charge in [-0.2, -0.15) is 0 Å². The summed E-state index contributed by atoms with van der Waals surface area (Å²) >= 11 is 0. The Bertz CT molecular complexity index is 783. The molecule has 1 atom stereocenters. The van der Waals surface area contributed by atoms with Crippen LogP contribution in [0.4, 0.5) is 10.1 Å². The van der Waals surface area contributed by atoms with Gasteiger partial charge in [0.2, 0.25) is 5.91 Å². The second-order valence-corrected chi connectivity index (χ2v) is 6.81. The molecule has 2 aromatic carbocycles. The van der Waals surface area contributed by atoms with Crippen molar-refractivity contribution in [2.75, 3.05) is 5.32 Å². The molecule has 2 aromatic rings. The molecular formula is C21H23FN2O2. The molecule has 4 nitrogen and oxygen atoms in total. The lowest BCUT2D eigenvalue weighted by Gasteiger charge is -2.25. The predicted octanol–water partition coefficient (Wildman–Crippen LogP) is 4.45. The van der Waals surface area contributed by atoms with Crippen LogP contribution in [0, 0.1) is 11.7 Å². The molecule has 0 saturated heterocycles. The van der Waals surface area contributed by atoms with Crippen LogP contribution in [0.2, 0.25) is 0 Å². The van der Waals surface area contributed by atoms with Crippen molar-refractivity contribution in [1.82, 2.24) is 5.32 Å². The normalized spacial score (nSPS) is 15.5. The molecule has 5 heteroatoms. The maximum absolute atomic E-state index is 13.3. The fourth-order valence-corrected chi connectivity index (χ4v) is 3.60. The van der Waals surface area contributed by atoms with Gasteiger partial charge in [0.05, 0.1) is 6.04 Å². The average molecular weight is 354 g/mol. The Morgan fingerprint density at radius 2 is 1.77 bits per heavy atom. The van der Waals surface area contributed by atoms with Crippen molar-refractivity contribution < 1.29 is 14.0 Å². The molecule has 1 aliphatic carbocycles. The van der Waals surface area contributed by atoms with Crippen molar-refractivity contribution in [2.24, 2.45) is 5.92 Å². The third kappa shape index (κ3) is 4.48. The largest absolute Gasteiger partial charge is 0.345 e. The number of anilines is 1. The van der Waals surface area contributed by atoms with Crippen LogP contribution in [0.1, 0.15) is 54.6 Å². The van der Waals surface area contributed by atoms with Gasteiger partial charge < -0.3 is 10.6 Å². The first-order valence-corrected chi connectivity index (χ1v) is 8.97. The standard InChI is InChI=1S/C21H23FN2O2/c1-14(25)23-19-8-4-7-17(13-19)21(26)24-20(15-5-2-3-6-15)16-9-11-18(22)12-10-16/h4,7-13,15,20H,2-3,5-6H2,1H3,(H,23,25)(H,24,26). The lowest BCUT2D eigenvalue weighted by Crippen LogP contribution is -2.32. The van der Waals surface area contributed by atoms with E-state index in [-0.39, 0.29) is 23.7 Å². The van der Waals surface area contributed by atoms with E-state index in [1.807, 2.05) is 0 Å². The zero-order valence-electron chi connectivity index (χ0n) is 14.8. The summed E-state index contributed by atoms with van der Waals surface area (Å²) < 4.78 is 13.3. The highest BCUT2D eigenvalue weighted by Gasteiger charge is 2.28. The topological polar surface area (TPSA) is 58.2 Å². The quantitative estimate of drug-likeness (QED) is 0.834. The van der Waals surface area contributed by atoms with Crippen molar-refractivity contribution in [1.29, 1.82) is 0 Å². The first-order valence-electron chi connectivity index (χ1n) is 8.97. The van der Waals surface area contributed by atoms with E-state index in [1.54, 1.807) is 36.4 Å².